The lowest BCUT2D eigenvalue weighted by Gasteiger charge is -2.22. The van der Waals surface area contributed by atoms with E-state index in [1.54, 1.807) is 41.5 Å². The summed E-state index contributed by atoms with van der Waals surface area (Å²) in [6.07, 6.45) is 14.7. The zero-order valence-electron chi connectivity index (χ0n) is 23.8. The zero-order valence-corrected chi connectivity index (χ0v) is 23.8. The molecule has 4 N–H and O–H groups in total. The molecule has 0 aromatic heterocycles. The summed E-state index contributed by atoms with van der Waals surface area (Å²) in [6.45, 7) is 10.2. The van der Waals surface area contributed by atoms with Crippen LogP contribution in [0, 0.1) is 0 Å². The van der Waals surface area contributed by atoms with E-state index in [0.717, 1.165) is 6.04 Å². The van der Waals surface area contributed by atoms with Crippen molar-refractivity contribution in [1.29, 1.82) is 0 Å². The van der Waals surface area contributed by atoms with Crippen LogP contribution in [0.3, 0.4) is 0 Å². The number of rotatable bonds is 6. The number of carboxylic acid groups (broad SMARTS) is 1. The van der Waals surface area contributed by atoms with Gasteiger partial charge in [0.25, 0.3) is 0 Å². The van der Waals surface area contributed by atoms with E-state index in [-0.39, 0.29) is 13.0 Å². The number of ether oxygens (including phenoxy) is 2. The molecule has 2 aliphatic carbocycles. The summed E-state index contributed by atoms with van der Waals surface area (Å²) >= 11 is 0. The van der Waals surface area contributed by atoms with Crippen LogP contribution < -0.4 is 16.0 Å². The molecule has 9 nitrogen and oxygen atoms in total. The van der Waals surface area contributed by atoms with Crippen molar-refractivity contribution >= 4 is 18.2 Å². The van der Waals surface area contributed by atoms with Gasteiger partial charge in [-0.3, -0.25) is 0 Å². The Morgan fingerprint density at radius 3 is 1.56 bits per heavy atom. The highest BCUT2D eigenvalue weighted by molar-refractivity contribution is 5.80. The van der Waals surface area contributed by atoms with Crippen molar-refractivity contribution in [3.05, 3.63) is 0 Å². The number of carbonyl (C=O) groups is 3. The Kier molecular flexibility index (Phi) is 17.2. The topological polar surface area (TPSA) is 126 Å². The Morgan fingerprint density at radius 2 is 1.19 bits per heavy atom. The first kappa shape index (κ1) is 34.0. The van der Waals surface area contributed by atoms with Gasteiger partial charge < -0.3 is 30.5 Å². The van der Waals surface area contributed by atoms with Crippen molar-refractivity contribution in [3.63, 3.8) is 0 Å². The lowest BCUT2D eigenvalue weighted by molar-refractivity contribution is -0.139. The molecule has 2 fully saturated rings. The number of alkyl carbamates (subject to hydrolysis) is 2. The average Bonchev–Trinajstić information content (AvgIpc) is 2.78. The maximum absolute atomic E-state index is 11.5. The van der Waals surface area contributed by atoms with E-state index in [2.05, 4.69) is 23.0 Å². The molecule has 0 bridgehead atoms. The molecule has 2 amide bonds. The normalized spacial score (nSPS) is 17.2. The van der Waals surface area contributed by atoms with Crippen LogP contribution in [0.25, 0.3) is 0 Å². The third kappa shape index (κ3) is 21.3. The van der Waals surface area contributed by atoms with Crippen LogP contribution in [-0.2, 0) is 14.3 Å². The summed E-state index contributed by atoms with van der Waals surface area (Å²) in [7, 11) is 2.07. The molecule has 0 saturated heterocycles. The Labute approximate surface area is 218 Å². The van der Waals surface area contributed by atoms with Crippen LogP contribution in [0.15, 0.2) is 0 Å². The standard InChI is InChI=1S/C14H26N2O6.C7H15N.C6H12/c1-13(2,3)21-11(19)15-8-7-9(10(17)18)16-12(20)22-14(4,5)6;1-8-7-5-3-2-4-6-7;1-2-4-6-5-3-1/h9H,7-8H2,1-6H3,(H,15,19)(H,16,20)(H,17,18);7-8H,2-6H2,1H3;1-6H2/t9-;;/m0../s1. The molecule has 0 aliphatic heterocycles. The van der Waals surface area contributed by atoms with E-state index in [9.17, 15) is 14.4 Å². The molecule has 0 aromatic rings. The van der Waals surface area contributed by atoms with Gasteiger partial charge in [-0.1, -0.05) is 57.8 Å². The third-order valence-electron chi connectivity index (χ3n) is 5.60. The van der Waals surface area contributed by atoms with Crippen LogP contribution in [-0.4, -0.2) is 60.1 Å². The molecule has 2 aliphatic rings. The molecule has 212 valence electrons. The van der Waals surface area contributed by atoms with Gasteiger partial charge in [0, 0.05) is 12.6 Å². The SMILES string of the molecule is C1CCCCC1.CC(C)(C)OC(=O)NCC[C@H](NC(=O)OC(C)(C)C)C(=O)O.CNC1CCCCC1. The molecular weight excluding hydrogens is 462 g/mol. The van der Waals surface area contributed by atoms with Crippen molar-refractivity contribution < 1.29 is 29.0 Å². The second-order valence-corrected chi connectivity index (χ2v) is 11.5. The predicted molar refractivity (Wildman–Crippen MR) is 143 cm³/mol. The Morgan fingerprint density at radius 1 is 0.778 bits per heavy atom. The van der Waals surface area contributed by atoms with Crippen LogP contribution in [0.1, 0.15) is 119 Å². The summed E-state index contributed by atoms with van der Waals surface area (Å²) in [5, 5.41) is 17.0. The smallest absolute Gasteiger partial charge is 0.408 e. The third-order valence-corrected chi connectivity index (χ3v) is 5.60. The Balaban J connectivity index is 0.000000695. The molecule has 0 heterocycles. The minimum atomic E-state index is -1.21. The van der Waals surface area contributed by atoms with Gasteiger partial charge in [0.15, 0.2) is 0 Å². The maximum Gasteiger partial charge on any atom is 0.408 e. The monoisotopic (exact) mass is 515 g/mol. The molecular formula is C27H53N3O6. The fourth-order valence-electron chi connectivity index (χ4n) is 3.79. The van der Waals surface area contributed by atoms with E-state index in [1.807, 2.05) is 0 Å². The number of carboxylic acids is 1. The van der Waals surface area contributed by atoms with Crippen molar-refractivity contribution in [2.75, 3.05) is 13.6 Å². The molecule has 0 aromatic carbocycles. The largest absolute Gasteiger partial charge is 0.480 e. The van der Waals surface area contributed by atoms with Crippen LogP contribution in [0.5, 0.6) is 0 Å². The van der Waals surface area contributed by atoms with E-state index in [0.29, 0.717) is 0 Å². The Bertz CT molecular complexity index is 606. The van der Waals surface area contributed by atoms with Gasteiger partial charge in [0.1, 0.15) is 17.2 Å². The van der Waals surface area contributed by atoms with Crippen LogP contribution in [0.4, 0.5) is 9.59 Å². The van der Waals surface area contributed by atoms with Crippen molar-refractivity contribution in [2.24, 2.45) is 0 Å². The van der Waals surface area contributed by atoms with Crippen molar-refractivity contribution in [2.45, 2.75) is 142 Å². The van der Waals surface area contributed by atoms with Gasteiger partial charge in [-0.2, -0.15) is 0 Å². The number of carbonyl (C=O) groups excluding carboxylic acids is 2. The molecule has 36 heavy (non-hydrogen) atoms. The predicted octanol–water partition coefficient (Wildman–Crippen LogP) is 5.76. The lowest BCUT2D eigenvalue weighted by atomic mass is 9.96. The number of nitrogens with one attached hydrogen (secondary N) is 3. The lowest BCUT2D eigenvalue weighted by Crippen LogP contribution is -2.45. The summed E-state index contributed by atoms with van der Waals surface area (Å²) in [4.78, 5) is 34.1. The van der Waals surface area contributed by atoms with Crippen molar-refractivity contribution in [3.8, 4) is 0 Å². The highest BCUT2D eigenvalue weighted by Gasteiger charge is 2.24. The van der Waals surface area contributed by atoms with Gasteiger partial charge >= 0.3 is 18.2 Å². The van der Waals surface area contributed by atoms with Gasteiger partial charge in [-0.25, -0.2) is 14.4 Å². The fraction of sp³-hybridized carbons (Fsp3) is 0.889. The van der Waals surface area contributed by atoms with E-state index < -0.39 is 35.4 Å². The molecule has 0 radical (unpaired) electrons. The molecule has 0 unspecified atom stereocenters. The molecule has 1 atom stereocenters. The molecule has 9 heteroatoms. The molecule has 2 rings (SSSR count). The zero-order chi connectivity index (χ0) is 27.6. The molecule has 2 saturated carbocycles. The number of amides is 2. The van der Waals surface area contributed by atoms with Gasteiger partial charge in [-0.05, 0) is 67.9 Å². The second-order valence-electron chi connectivity index (χ2n) is 11.5. The number of aliphatic carboxylic acids is 1. The quantitative estimate of drug-likeness (QED) is 0.354. The van der Waals surface area contributed by atoms with E-state index >= 15 is 0 Å². The minimum Gasteiger partial charge on any atom is -0.480 e. The van der Waals surface area contributed by atoms with Crippen LogP contribution in [0.2, 0.25) is 0 Å². The highest BCUT2D eigenvalue weighted by Crippen LogP contribution is 2.16. The van der Waals surface area contributed by atoms with Gasteiger partial charge in [0.2, 0.25) is 0 Å². The van der Waals surface area contributed by atoms with Crippen LogP contribution >= 0.6 is 0 Å². The first-order chi connectivity index (χ1) is 16.7. The number of hydrogen-bond donors (Lipinski definition) is 4. The second kappa shape index (κ2) is 18.3. The summed E-state index contributed by atoms with van der Waals surface area (Å²) < 4.78 is 10.0. The maximum atomic E-state index is 11.5. The van der Waals surface area contributed by atoms with Gasteiger partial charge in [-0.15, -0.1) is 0 Å². The highest BCUT2D eigenvalue weighted by atomic mass is 16.6. The van der Waals surface area contributed by atoms with E-state index in [1.165, 1.54) is 70.6 Å². The summed E-state index contributed by atoms with van der Waals surface area (Å²) in [5.41, 5.74) is -1.35. The van der Waals surface area contributed by atoms with Gasteiger partial charge in [0.05, 0.1) is 0 Å². The van der Waals surface area contributed by atoms with Crippen molar-refractivity contribution in [1.82, 2.24) is 16.0 Å². The first-order valence-electron chi connectivity index (χ1n) is 13.6. The minimum absolute atomic E-state index is 0.00776. The first-order valence-corrected chi connectivity index (χ1v) is 13.6. The summed E-state index contributed by atoms with van der Waals surface area (Å²) in [6, 6.07) is -0.325. The fourth-order valence-corrected chi connectivity index (χ4v) is 3.79. The summed E-state index contributed by atoms with van der Waals surface area (Å²) in [5.74, 6) is -1.21. The molecule has 0 spiro atoms. The number of hydrogen-bond acceptors (Lipinski definition) is 6. The average molecular weight is 516 g/mol. The van der Waals surface area contributed by atoms with E-state index in [4.69, 9.17) is 14.6 Å². The Hall–Kier alpha value is -2.03.